The summed E-state index contributed by atoms with van der Waals surface area (Å²) < 4.78 is 0.954. The van der Waals surface area contributed by atoms with Crippen molar-refractivity contribution in [3.8, 4) is 0 Å². The van der Waals surface area contributed by atoms with Gasteiger partial charge in [0.2, 0.25) is 11.6 Å². The van der Waals surface area contributed by atoms with Gasteiger partial charge in [0, 0.05) is 18.9 Å². The molecule has 0 spiro atoms. The smallest absolute Gasteiger partial charge is 0.273 e. The molecule has 30 heavy (non-hydrogen) atoms. The topological polar surface area (TPSA) is 82.6 Å². The highest BCUT2D eigenvalue weighted by Gasteiger charge is 2.61. The van der Waals surface area contributed by atoms with Gasteiger partial charge in [-0.15, -0.1) is 0 Å². The molecule has 3 aromatic rings. The molecule has 1 aromatic heterocycles. The van der Waals surface area contributed by atoms with Crippen molar-refractivity contribution in [2.75, 3.05) is 10.2 Å². The Morgan fingerprint density at radius 1 is 1.13 bits per heavy atom. The van der Waals surface area contributed by atoms with Crippen molar-refractivity contribution in [2.45, 2.75) is 38.4 Å². The van der Waals surface area contributed by atoms with E-state index in [1.54, 1.807) is 29.2 Å². The third-order valence-electron chi connectivity index (χ3n) is 5.69. The minimum Gasteiger partial charge on any atom is -0.304 e. The molecule has 2 aliphatic heterocycles. The molecule has 1 fully saturated rings. The zero-order valence-corrected chi connectivity index (χ0v) is 17.4. The van der Waals surface area contributed by atoms with E-state index in [4.69, 9.17) is 0 Å². The number of rotatable bonds is 3. The Bertz CT molecular complexity index is 1170. The van der Waals surface area contributed by atoms with Crippen LogP contribution in [0.1, 0.15) is 37.0 Å². The Morgan fingerprint density at radius 2 is 1.87 bits per heavy atom. The average Bonchev–Trinajstić information content (AvgIpc) is 3.29. The number of carbonyl (C=O) groups excluding carboxylic acids is 3. The van der Waals surface area contributed by atoms with Gasteiger partial charge >= 0.3 is 0 Å². The molecule has 1 N–H and O–H groups in total. The van der Waals surface area contributed by atoms with Gasteiger partial charge in [0.1, 0.15) is 0 Å². The quantitative estimate of drug-likeness (QED) is 0.702. The Hall–Kier alpha value is -3.26. The third kappa shape index (κ3) is 2.50. The van der Waals surface area contributed by atoms with Gasteiger partial charge in [-0.2, -0.15) is 0 Å². The minimum absolute atomic E-state index is 0.167. The van der Waals surface area contributed by atoms with Crippen LogP contribution < -0.4 is 10.2 Å². The molecule has 2 aliphatic rings. The fraction of sp³-hybridized carbons (Fsp3) is 0.273. The number of aromatic nitrogens is 1. The van der Waals surface area contributed by atoms with Crippen molar-refractivity contribution in [3.05, 3.63) is 54.1 Å². The summed E-state index contributed by atoms with van der Waals surface area (Å²) in [5, 5.41) is 3.35. The van der Waals surface area contributed by atoms with Crippen molar-refractivity contribution < 1.29 is 14.4 Å². The summed E-state index contributed by atoms with van der Waals surface area (Å²) in [7, 11) is 0. The van der Waals surface area contributed by atoms with E-state index < -0.39 is 11.6 Å². The van der Waals surface area contributed by atoms with E-state index in [2.05, 4.69) is 10.3 Å². The molecule has 2 aromatic carbocycles. The van der Waals surface area contributed by atoms with Gasteiger partial charge in [-0.3, -0.25) is 24.6 Å². The molecule has 3 amide bonds. The largest absolute Gasteiger partial charge is 0.304 e. The lowest BCUT2D eigenvalue weighted by atomic mass is 9.94. The number of nitrogens with one attached hydrogen (secondary N) is 1. The Morgan fingerprint density at radius 3 is 2.63 bits per heavy atom. The number of amides is 3. The first-order valence-electron chi connectivity index (χ1n) is 9.86. The maximum absolute atomic E-state index is 13.7. The van der Waals surface area contributed by atoms with Crippen molar-refractivity contribution in [1.29, 1.82) is 0 Å². The van der Waals surface area contributed by atoms with Crippen LogP contribution in [0.4, 0.5) is 10.8 Å². The highest BCUT2D eigenvalue weighted by atomic mass is 32.1. The number of thiazole rings is 1. The SMILES string of the molecule is CC(C)N1C(=O)c2ccccc2N2C(=O)CC[C@@]21C(=O)Nc1nc2ccccc2s1. The Labute approximate surface area is 177 Å². The molecule has 0 bridgehead atoms. The predicted molar refractivity (Wildman–Crippen MR) is 115 cm³/mol. The Kier molecular flexibility index (Phi) is 4.14. The summed E-state index contributed by atoms with van der Waals surface area (Å²) in [5.41, 5.74) is 0.306. The van der Waals surface area contributed by atoms with Crippen LogP contribution >= 0.6 is 11.3 Å². The van der Waals surface area contributed by atoms with Gasteiger partial charge in [0.05, 0.1) is 21.5 Å². The van der Waals surface area contributed by atoms with E-state index >= 15 is 0 Å². The molecule has 0 unspecified atom stereocenters. The zero-order chi connectivity index (χ0) is 21.0. The molecule has 0 saturated carbocycles. The highest BCUT2D eigenvalue weighted by Crippen LogP contribution is 2.46. The van der Waals surface area contributed by atoms with Gasteiger partial charge in [-0.1, -0.05) is 35.6 Å². The highest BCUT2D eigenvalue weighted by molar-refractivity contribution is 7.22. The average molecular weight is 420 g/mol. The zero-order valence-electron chi connectivity index (χ0n) is 16.6. The van der Waals surface area contributed by atoms with Crippen molar-refractivity contribution in [2.24, 2.45) is 0 Å². The van der Waals surface area contributed by atoms with Gasteiger partial charge in [-0.25, -0.2) is 4.98 Å². The summed E-state index contributed by atoms with van der Waals surface area (Å²) in [6, 6.07) is 14.3. The second kappa shape index (κ2) is 6.63. The second-order valence-electron chi connectivity index (χ2n) is 7.77. The lowest BCUT2D eigenvalue weighted by Gasteiger charge is -2.50. The molecule has 1 saturated heterocycles. The van der Waals surface area contributed by atoms with Crippen molar-refractivity contribution in [3.63, 3.8) is 0 Å². The normalized spacial score (nSPS) is 20.6. The monoisotopic (exact) mass is 420 g/mol. The van der Waals surface area contributed by atoms with E-state index in [9.17, 15) is 14.4 Å². The molecular weight excluding hydrogens is 400 g/mol. The maximum atomic E-state index is 13.7. The Balaban J connectivity index is 1.63. The molecule has 0 aliphatic carbocycles. The summed E-state index contributed by atoms with van der Waals surface area (Å²) in [6.45, 7) is 3.72. The van der Waals surface area contributed by atoms with E-state index in [-0.39, 0.29) is 30.7 Å². The number of carbonyl (C=O) groups is 3. The molecule has 3 heterocycles. The predicted octanol–water partition coefficient (Wildman–Crippen LogP) is 3.62. The molecule has 1 atom stereocenters. The van der Waals surface area contributed by atoms with Crippen LogP contribution in [0.15, 0.2) is 48.5 Å². The summed E-state index contributed by atoms with van der Waals surface area (Å²) in [6.07, 6.45) is 0.429. The van der Waals surface area contributed by atoms with Crippen LogP contribution in [0.3, 0.4) is 0 Å². The summed E-state index contributed by atoms with van der Waals surface area (Å²) in [4.78, 5) is 47.6. The van der Waals surface area contributed by atoms with Crippen LogP contribution in [0.2, 0.25) is 0 Å². The number of hydrogen-bond acceptors (Lipinski definition) is 5. The van der Waals surface area contributed by atoms with Crippen LogP contribution in [0, 0.1) is 0 Å². The van der Waals surface area contributed by atoms with Crippen LogP contribution in [-0.4, -0.2) is 39.3 Å². The third-order valence-corrected chi connectivity index (χ3v) is 6.65. The molecule has 8 heteroatoms. The van der Waals surface area contributed by atoms with Crippen molar-refractivity contribution >= 4 is 50.1 Å². The van der Waals surface area contributed by atoms with Gasteiger partial charge in [0.15, 0.2) is 5.13 Å². The first kappa shape index (κ1) is 18.7. The second-order valence-corrected chi connectivity index (χ2v) is 8.80. The molecule has 152 valence electrons. The first-order valence-corrected chi connectivity index (χ1v) is 10.7. The van der Waals surface area contributed by atoms with E-state index in [0.29, 0.717) is 16.4 Å². The number of para-hydroxylation sites is 2. The fourth-order valence-corrected chi connectivity index (χ4v) is 5.39. The van der Waals surface area contributed by atoms with Crippen LogP contribution in [0.25, 0.3) is 10.2 Å². The van der Waals surface area contributed by atoms with Crippen molar-refractivity contribution in [1.82, 2.24) is 9.88 Å². The molecule has 7 nitrogen and oxygen atoms in total. The van der Waals surface area contributed by atoms with Gasteiger partial charge < -0.3 is 4.90 Å². The number of hydrogen-bond donors (Lipinski definition) is 1. The first-order chi connectivity index (χ1) is 14.4. The fourth-order valence-electron chi connectivity index (χ4n) is 4.53. The minimum atomic E-state index is -1.41. The van der Waals surface area contributed by atoms with Gasteiger partial charge in [-0.05, 0) is 38.1 Å². The molecular formula is C22H20N4O3S. The molecule has 5 rings (SSSR count). The number of nitrogens with zero attached hydrogens (tertiary/aromatic N) is 3. The van der Waals surface area contributed by atoms with E-state index in [1.807, 2.05) is 38.1 Å². The number of anilines is 2. The number of benzene rings is 2. The van der Waals surface area contributed by atoms with Crippen LogP contribution in [0.5, 0.6) is 0 Å². The van der Waals surface area contributed by atoms with E-state index in [1.165, 1.54) is 16.2 Å². The lowest BCUT2D eigenvalue weighted by molar-refractivity contribution is -0.129. The number of fused-ring (bicyclic) bond motifs is 4. The lowest BCUT2D eigenvalue weighted by Crippen LogP contribution is -2.70. The molecule has 0 radical (unpaired) electrons. The maximum Gasteiger partial charge on any atom is 0.273 e. The summed E-state index contributed by atoms with van der Waals surface area (Å²) in [5.74, 6) is -0.824. The summed E-state index contributed by atoms with van der Waals surface area (Å²) >= 11 is 1.37. The van der Waals surface area contributed by atoms with Gasteiger partial charge in [0.25, 0.3) is 11.8 Å². The van der Waals surface area contributed by atoms with E-state index in [0.717, 1.165) is 10.2 Å². The standard InChI is InChI=1S/C22H20N4O3S/c1-13(2)25-19(28)14-7-3-5-9-16(14)26-18(27)11-12-22(25,26)20(29)24-21-23-15-8-4-6-10-17(15)30-21/h3-10,13H,11-12H2,1-2H3,(H,23,24,29)/t22-/m0/s1. The van der Waals surface area contributed by atoms with Crippen LogP contribution in [-0.2, 0) is 9.59 Å².